The van der Waals surface area contributed by atoms with Crippen molar-refractivity contribution in [1.82, 2.24) is 15.2 Å². The van der Waals surface area contributed by atoms with Crippen molar-refractivity contribution in [3.63, 3.8) is 0 Å². The number of nitrogens with one attached hydrogen (secondary N) is 2. The van der Waals surface area contributed by atoms with Crippen LogP contribution in [0.3, 0.4) is 0 Å². The number of hydrogen-bond donors (Lipinski definition) is 2. The first-order valence-electron chi connectivity index (χ1n) is 15.6. The van der Waals surface area contributed by atoms with Crippen LogP contribution >= 0.6 is 11.3 Å². The molecule has 0 spiro atoms. The van der Waals surface area contributed by atoms with E-state index in [1.165, 1.54) is 10.3 Å². The van der Waals surface area contributed by atoms with Crippen molar-refractivity contribution in [3.8, 4) is 10.6 Å². The summed E-state index contributed by atoms with van der Waals surface area (Å²) < 4.78 is 32.3. The van der Waals surface area contributed by atoms with Crippen LogP contribution in [-0.2, 0) is 23.7 Å². The van der Waals surface area contributed by atoms with Gasteiger partial charge in [-0.25, -0.2) is 9.78 Å². The average Bonchev–Trinajstić information content (AvgIpc) is 3.61. The topological polar surface area (TPSA) is 103 Å². The second kappa shape index (κ2) is 12.3. The Hall–Kier alpha value is -2.64. The Morgan fingerprint density at radius 2 is 1.84 bits per heavy atom. The van der Waals surface area contributed by atoms with Gasteiger partial charge in [-0.3, -0.25) is 0 Å². The number of hydrogen-bond acceptors (Lipinski definition) is 9. The van der Waals surface area contributed by atoms with Gasteiger partial charge in [-0.15, -0.1) is 11.3 Å². The zero-order valence-corrected chi connectivity index (χ0v) is 27.3. The highest BCUT2D eigenvalue weighted by molar-refractivity contribution is 7.21. The zero-order chi connectivity index (χ0) is 31.1. The van der Waals surface area contributed by atoms with E-state index >= 15 is 0 Å². The van der Waals surface area contributed by atoms with Gasteiger partial charge >= 0.3 is 6.03 Å². The third-order valence-corrected chi connectivity index (χ3v) is 9.20. The summed E-state index contributed by atoms with van der Waals surface area (Å²) in [7, 11) is 0. The number of thiazole rings is 1. The average molecular weight is 625 g/mol. The number of ether oxygens (including phenoxy) is 5. The molecule has 6 rings (SSSR count). The highest BCUT2D eigenvalue weighted by atomic mass is 32.1. The Morgan fingerprint density at radius 1 is 1.05 bits per heavy atom. The number of carbonyl (C=O) groups is 1. The van der Waals surface area contributed by atoms with E-state index in [4.69, 9.17) is 28.7 Å². The van der Waals surface area contributed by atoms with E-state index in [-0.39, 0.29) is 18.2 Å². The molecule has 3 aliphatic heterocycles. The van der Waals surface area contributed by atoms with Crippen LogP contribution in [0.2, 0.25) is 0 Å². The molecule has 0 aliphatic carbocycles. The number of urea groups is 1. The molecule has 3 aliphatic rings. The van der Waals surface area contributed by atoms with Crippen molar-refractivity contribution >= 4 is 33.3 Å². The number of carbonyl (C=O) groups excluding carboxylic acids is 1. The zero-order valence-electron chi connectivity index (χ0n) is 26.5. The number of aromatic nitrogens is 1. The predicted octanol–water partition coefficient (Wildman–Crippen LogP) is 5.89. The first-order chi connectivity index (χ1) is 21.0. The highest BCUT2D eigenvalue weighted by Gasteiger charge is 2.65. The molecule has 2 N–H and O–H groups in total. The largest absolute Gasteiger partial charge is 0.343 e. The van der Waals surface area contributed by atoms with Crippen molar-refractivity contribution in [2.45, 2.75) is 90.1 Å². The molecule has 4 atom stereocenters. The summed E-state index contributed by atoms with van der Waals surface area (Å²) >= 11 is 1.68. The Bertz CT molecular complexity index is 1480. The normalized spacial score (nSPS) is 26.8. The Morgan fingerprint density at radius 3 is 2.61 bits per heavy atom. The smallest absolute Gasteiger partial charge is 0.321 e. The van der Waals surface area contributed by atoms with Gasteiger partial charge in [-0.2, -0.15) is 0 Å². The molecular formula is C33H44N4O6S. The minimum absolute atomic E-state index is 0.106. The summed E-state index contributed by atoms with van der Waals surface area (Å²) in [5.41, 5.74) is 4.03. The number of rotatable bonds is 10. The number of fused-ring (bicyclic) bond motifs is 4. The van der Waals surface area contributed by atoms with Crippen LogP contribution in [0.4, 0.5) is 10.5 Å². The number of nitrogens with zero attached hydrogens (tertiary/aromatic N) is 2. The molecule has 0 saturated carbocycles. The molecule has 4 unspecified atom stereocenters. The van der Waals surface area contributed by atoms with Gasteiger partial charge in [0.15, 0.2) is 11.6 Å². The molecule has 0 bridgehead atoms. The lowest BCUT2D eigenvalue weighted by atomic mass is 9.97. The maximum absolute atomic E-state index is 13.2. The van der Waals surface area contributed by atoms with Crippen LogP contribution in [-0.4, -0.2) is 84.4 Å². The van der Waals surface area contributed by atoms with Gasteiger partial charge in [0.05, 0.1) is 23.4 Å². The molecule has 238 valence electrons. The molecule has 44 heavy (non-hydrogen) atoms. The van der Waals surface area contributed by atoms with Crippen molar-refractivity contribution in [2.24, 2.45) is 0 Å². The minimum atomic E-state index is -0.967. The summed E-state index contributed by atoms with van der Waals surface area (Å²) in [6.07, 6.45) is 0.752. The van der Waals surface area contributed by atoms with Crippen LogP contribution in [0.1, 0.15) is 53.0 Å². The Labute approximate surface area is 263 Å². The van der Waals surface area contributed by atoms with Gasteiger partial charge in [-0.05, 0) is 96.0 Å². The van der Waals surface area contributed by atoms with E-state index in [0.29, 0.717) is 32.8 Å². The number of anilines is 1. The number of aryl methyl sites for hydroxylation is 1. The molecule has 3 fully saturated rings. The lowest BCUT2D eigenvalue weighted by Gasteiger charge is -2.41. The SMILES string of the molecule is CCCN(CCCNCC12OCC3OC(C)(C)OC3C1OC(C)(C)O2)C(=O)Nc1ccc(-c2nc3ccc(C)cc3s2)cc1. The first-order valence-corrected chi connectivity index (χ1v) is 16.4. The van der Waals surface area contributed by atoms with Crippen LogP contribution in [0.15, 0.2) is 42.5 Å². The molecule has 2 aromatic carbocycles. The second-order valence-corrected chi connectivity index (χ2v) is 13.8. The lowest BCUT2D eigenvalue weighted by Crippen LogP contribution is -2.62. The Balaban J connectivity index is 1.01. The van der Waals surface area contributed by atoms with Gasteiger partial charge in [0.2, 0.25) is 5.79 Å². The molecule has 0 radical (unpaired) electrons. The van der Waals surface area contributed by atoms with E-state index < -0.39 is 23.5 Å². The lowest BCUT2D eigenvalue weighted by molar-refractivity contribution is -0.277. The van der Waals surface area contributed by atoms with Crippen LogP contribution in [0, 0.1) is 6.92 Å². The van der Waals surface area contributed by atoms with E-state index in [1.807, 2.05) is 56.9 Å². The highest BCUT2D eigenvalue weighted by Crippen LogP contribution is 2.47. The molecule has 11 heteroatoms. The van der Waals surface area contributed by atoms with Gasteiger partial charge in [-0.1, -0.05) is 13.0 Å². The molecule has 10 nitrogen and oxygen atoms in total. The fraction of sp³-hybridized carbons (Fsp3) is 0.576. The molecule has 3 aromatic rings. The van der Waals surface area contributed by atoms with Crippen molar-refractivity contribution < 1.29 is 28.5 Å². The van der Waals surface area contributed by atoms with E-state index in [2.05, 4.69) is 42.7 Å². The van der Waals surface area contributed by atoms with E-state index in [9.17, 15) is 4.79 Å². The van der Waals surface area contributed by atoms with Crippen LogP contribution in [0.25, 0.3) is 20.8 Å². The van der Waals surface area contributed by atoms with E-state index in [1.54, 1.807) is 11.3 Å². The predicted molar refractivity (Wildman–Crippen MR) is 171 cm³/mol. The minimum Gasteiger partial charge on any atom is -0.343 e. The maximum Gasteiger partial charge on any atom is 0.321 e. The first kappa shape index (κ1) is 31.3. The van der Waals surface area contributed by atoms with Crippen molar-refractivity contribution in [3.05, 3.63) is 48.0 Å². The molecule has 4 heterocycles. The monoisotopic (exact) mass is 624 g/mol. The fourth-order valence-electron chi connectivity index (χ4n) is 6.28. The van der Waals surface area contributed by atoms with Gasteiger partial charge in [0.25, 0.3) is 0 Å². The molecule has 2 amide bonds. The van der Waals surface area contributed by atoms with Gasteiger partial charge in [0, 0.05) is 24.3 Å². The third kappa shape index (κ3) is 6.64. The Kier molecular flexibility index (Phi) is 8.75. The standard InChI is InChI=1S/C33H44N4O6S/c1-7-16-37(30(38)35-23-12-10-22(11-13-23)29-36-24-14-9-21(2)18-26(24)44-29)17-8-15-34-20-33-28(42-32(5,6)43-33)27-25(19-39-33)40-31(3,4)41-27/h9-14,18,25,27-28,34H,7-8,15-17,19-20H2,1-6H3,(H,35,38). The molecular weight excluding hydrogens is 580 g/mol. The summed E-state index contributed by atoms with van der Waals surface area (Å²) in [5, 5.41) is 7.52. The van der Waals surface area contributed by atoms with Crippen molar-refractivity contribution in [2.75, 3.05) is 38.1 Å². The summed E-state index contributed by atoms with van der Waals surface area (Å²) in [4.78, 5) is 19.8. The van der Waals surface area contributed by atoms with Crippen LogP contribution in [0.5, 0.6) is 0 Å². The summed E-state index contributed by atoms with van der Waals surface area (Å²) in [6.45, 7) is 14.5. The summed E-state index contributed by atoms with van der Waals surface area (Å²) in [6, 6.07) is 14.1. The van der Waals surface area contributed by atoms with Crippen LogP contribution < -0.4 is 10.6 Å². The number of benzene rings is 2. The third-order valence-electron chi connectivity index (χ3n) is 8.14. The van der Waals surface area contributed by atoms with Gasteiger partial charge in [0.1, 0.15) is 23.3 Å². The quantitative estimate of drug-likeness (QED) is 0.269. The second-order valence-electron chi connectivity index (χ2n) is 12.8. The van der Waals surface area contributed by atoms with Gasteiger partial charge < -0.3 is 39.2 Å². The molecule has 1 aromatic heterocycles. The van der Waals surface area contributed by atoms with Crippen molar-refractivity contribution in [1.29, 1.82) is 0 Å². The van der Waals surface area contributed by atoms with E-state index in [0.717, 1.165) is 34.6 Å². The number of amides is 2. The summed E-state index contributed by atoms with van der Waals surface area (Å²) in [5.74, 6) is -2.47. The maximum atomic E-state index is 13.2. The molecule has 3 saturated heterocycles. The fourth-order valence-corrected chi connectivity index (χ4v) is 7.35.